The summed E-state index contributed by atoms with van der Waals surface area (Å²) in [6, 6.07) is 3.25. The minimum absolute atomic E-state index is 0.334. The summed E-state index contributed by atoms with van der Waals surface area (Å²) in [6.45, 7) is 0. The lowest BCUT2D eigenvalue weighted by Crippen LogP contribution is -2.34. The number of halogens is 2. The van der Waals surface area contributed by atoms with Crippen molar-refractivity contribution in [2.45, 2.75) is 36.1 Å². The fourth-order valence-electron chi connectivity index (χ4n) is 2.35. The Hall–Kier alpha value is -0.610. The first-order chi connectivity index (χ1) is 7.58. The third kappa shape index (κ3) is 1.84. The van der Waals surface area contributed by atoms with E-state index in [-0.39, 0.29) is 0 Å². The summed E-state index contributed by atoms with van der Waals surface area (Å²) in [7, 11) is 0. The van der Waals surface area contributed by atoms with Gasteiger partial charge in [-0.25, -0.2) is 8.78 Å². The van der Waals surface area contributed by atoms with E-state index in [1.54, 1.807) is 18.4 Å². The topological polar surface area (TPSA) is 26.0 Å². The van der Waals surface area contributed by atoms with E-state index in [0.29, 0.717) is 10.5 Å². The zero-order chi connectivity index (χ0) is 11.8. The van der Waals surface area contributed by atoms with Crippen LogP contribution in [0.1, 0.15) is 31.2 Å². The highest BCUT2D eigenvalue weighted by molar-refractivity contribution is 7.98. The van der Waals surface area contributed by atoms with Gasteiger partial charge < -0.3 is 5.73 Å². The summed E-state index contributed by atoms with van der Waals surface area (Å²) in [4.78, 5) is 0.336. The molecule has 88 valence electrons. The lowest BCUT2D eigenvalue weighted by Gasteiger charge is -2.25. The van der Waals surface area contributed by atoms with Gasteiger partial charge in [-0.1, -0.05) is 18.9 Å². The molecule has 1 aromatic carbocycles. The van der Waals surface area contributed by atoms with Crippen molar-refractivity contribution < 1.29 is 8.78 Å². The van der Waals surface area contributed by atoms with Crippen molar-refractivity contribution in [1.29, 1.82) is 0 Å². The number of hydrogen-bond acceptors (Lipinski definition) is 2. The highest BCUT2D eigenvalue weighted by Crippen LogP contribution is 2.39. The first-order valence-corrected chi connectivity index (χ1v) is 6.62. The Kier molecular flexibility index (Phi) is 3.22. The van der Waals surface area contributed by atoms with Crippen molar-refractivity contribution >= 4 is 11.8 Å². The van der Waals surface area contributed by atoms with E-state index < -0.39 is 17.2 Å². The van der Waals surface area contributed by atoms with Gasteiger partial charge in [0.05, 0.1) is 0 Å². The summed E-state index contributed by atoms with van der Waals surface area (Å²) < 4.78 is 27.5. The molecule has 1 nitrogen and oxygen atoms in total. The predicted molar refractivity (Wildman–Crippen MR) is 62.5 cm³/mol. The van der Waals surface area contributed by atoms with Crippen LogP contribution in [0.5, 0.6) is 0 Å². The molecule has 0 aromatic heterocycles. The van der Waals surface area contributed by atoms with Crippen LogP contribution in [0.25, 0.3) is 0 Å². The molecule has 0 saturated heterocycles. The molecule has 0 aliphatic heterocycles. The second-order valence-corrected chi connectivity index (χ2v) is 5.15. The van der Waals surface area contributed by atoms with Gasteiger partial charge in [0.1, 0.15) is 0 Å². The van der Waals surface area contributed by atoms with Crippen LogP contribution < -0.4 is 5.73 Å². The first-order valence-electron chi connectivity index (χ1n) is 5.40. The monoisotopic (exact) mass is 243 g/mol. The van der Waals surface area contributed by atoms with Gasteiger partial charge in [-0.2, -0.15) is 0 Å². The molecule has 2 rings (SSSR count). The van der Waals surface area contributed by atoms with E-state index in [0.717, 1.165) is 25.7 Å². The normalized spacial score (nSPS) is 19.0. The number of rotatable bonds is 2. The number of nitrogens with two attached hydrogens (primary N) is 1. The number of benzene rings is 1. The van der Waals surface area contributed by atoms with Crippen LogP contribution in [0, 0.1) is 11.6 Å². The molecule has 1 saturated carbocycles. The molecule has 2 N–H and O–H groups in total. The molecule has 0 spiro atoms. The van der Waals surface area contributed by atoms with Gasteiger partial charge in [0.2, 0.25) is 0 Å². The average Bonchev–Trinajstić information content (AvgIpc) is 2.70. The number of thioether (sulfide) groups is 1. The van der Waals surface area contributed by atoms with Crippen molar-refractivity contribution in [3.8, 4) is 0 Å². The Balaban J connectivity index is 2.46. The first kappa shape index (κ1) is 11.9. The maximum atomic E-state index is 13.9. The van der Waals surface area contributed by atoms with Crippen molar-refractivity contribution in [3.63, 3.8) is 0 Å². The molecule has 0 amide bonds. The molecule has 0 atom stereocenters. The van der Waals surface area contributed by atoms with Crippen molar-refractivity contribution in [3.05, 3.63) is 29.3 Å². The summed E-state index contributed by atoms with van der Waals surface area (Å²) in [5.74, 6) is -1.53. The van der Waals surface area contributed by atoms with E-state index in [1.165, 1.54) is 11.8 Å². The standard InChI is InChI=1S/C12H15F2NS/c1-16-9-5-4-8(10(13)11(9)14)12(15)6-2-3-7-12/h4-5H,2-3,6-7,15H2,1H3. The summed E-state index contributed by atoms with van der Waals surface area (Å²) in [5, 5.41) is 0. The number of hydrogen-bond donors (Lipinski definition) is 1. The molecule has 1 aromatic rings. The molecule has 4 heteroatoms. The van der Waals surface area contributed by atoms with Crippen molar-refractivity contribution in [2.75, 3.05) is 6.26 Å². The van der Waals surface area contributed by atoms with Crippen molar-refractivity contribution in [1.82, 2.24) is 0 Å². The predicted octanol–water partition coefficient (Wildman–Crippen LogP) is 3.41. The van der Waals surface area contributed by atoms with Crippen LogP contribution in [0.4, 0.5) is 8.78 Å². The fourth-order valence-corrected chi connectivity index (χ4v) is 2.82. The van der Waals surface area contributed by atoms with Gasteiger partial charge >= 0.3 is 0 Å². The lowest BCUT2D eigenvalue weighted by molar-refractivity contribution is 0.407. The maximum absolute atomic E-state index is 13.9. The second kappa shape index (κ2) is 4.34. The Bertz CT molecular complexity index is 400. The zero-order valence-corrected chi connectivity index (χ0v) is 10.0. The molecule has 16 heavy (non-hydrogen) atoms. The molecule has 0 unspecified atom stereocenters. The smallest absolute Gasteiger partial charge is 0.172 e. The van der Waals surface area contributed by atoms with E-state index in [4.69, 9.17) is 5.73 Å². The Morgan fingerprint density at radius 2 is 1.81 bits per heavy atom. The van der Waals surface area contributed by atoms with Crippen LogP contribution in [-0.2, 0) is 5.54 Å². The van der Waals surface area contributed by atoms with Crippen LogP contribution in [0.2, 0.25) is 0 Å². The highest BCUT2D eigenvalue weighted by Gasteiger charge is 2.34. The zero-order valence-electron chi connectivity index (χ0n) is 9.22. The van der Waals surface area contributed by atoms with Gasteiger partial charge in [0.15, 0.2) is 11.6 Å². The SMILES string of the molecule is CSc1ccc(C2(N)CCCC2)c(F)c1F. The molecule has 0 bridgehead atoms. The van der Waals surface area contributed by atoms with Crippen LogP contribution in [0.3, 0.4) is 0 Å². The summed E-state index contributed by atoms with van der Waals surface area (Å²) in [5.41, 5.74) is 5.80. The van der Waals surface area contributed by atoms with E-state index in [9.17, 15) is 8.78 Å². The summed E-state index contributed by atoms with van der Waals surface area (Å²) in [6.07, 6.45) is 5.18. The lowest BCUT2D eigenvalue weighted by atomic mass is 9.89. The molecule has 0 radical (unpaired) electrons. The van der Waals surface area contributed by atoms with E-state index in [2.05, 4.69) is 0 Å². The Labute approximate surface area is 98.4 Å². The van der Waals surface area contributed by atoms with Gasteiger partial charge in [-0.05, 0) is 25.2 Å². The largest absolute Gasteiger partial charge is 0.321 e. The van der Waals surface area contributed by atoms with Gasteiger partial charge in [0.25, 0.3) is 0 Å². The third-order valence-corrected chi connectivity index (χ3v) is 4.05. The minimum Gasteiger partial charge on any atom is -0.321 e. The van der Waals surface area contributed by atoms with Crippen molar-refractivity contribution in [2.24, 2.45) is 5.73 Å². The van der Waals surface area contributed by atoms with Gasteiger partial charge in [0, 0.05) is 16.0 Å². The van der Waals surface area contributed by atoms with Crippen LogP contribution in [-0.4, -0.2) is 6.26 Å². The summed E-state index contributed by atoms with van der Waals surface area (Å²) >= 11 is 1.20. The van der Waals surface area contributed by atoms with E-state index >= 15 is 0 Å². The molecule has 1 aliphatic rings. The third-order valence-electron chi connectivity index (χ3n) is 3.30. The molecule has 1 aliphatic carbocycles. The fraction of sp³-hybridized carbons (Fsp3) is 0.500. The highest BCUT2D eigenvalue weighted by atomic mass is 32.2. The Morgan fingerprint density at radius 3 is 2.38 bits per heavy atom. The molecule has 1 fully saturated rings. The van der Waals surface area contributed by atoms with Gasteiger partial charge in [-0.3, -0.25) is 0 Å². The maximum Gasteiger partial charge on any atom is 0.172 e. The average molecular weight is 243 g/mol. The van der Waals surface area contributed by atoms with Gasteiger partial charge in [-0.15, -0.1) is 11.8 Å². The van der Waals surface area contributed by atoms with Crippen LogP contribution in [0.15, 0.2) is 17.0 Å². The second-order valence-electron chi connectivity index (χ2n) is 4.31. The molecular formula is C12H15F2NS. The minimum atomic E-state index is -0.767. The molecule has 0 heterocycles. The quantitative estimate of drug-likeness (QED) is 0.805. The van der Waals surface area contributed by atoms with Crippen LogP contribution >= 0.6 is 11.8 Å². The molecular weight excluding hydrogens is 228 g/mol. The Morgan fingerprint density at radius 1 is 1.19 bits per heavy atom. The van der Waals surface area contributed by atoms with E-state index in [1.807, 2.05) is 0 Å².